The van der Waals surface area contributed by atoms with Gasteiger partial charge in [-0.1, -0.05) is 42.5 Å². The number of benzene rings is 3. The molecule has 1 atom stereocenters. The smallest absolute Gasteiger partial charge is 0.261 e. The van der Waals surface area contributed by atoms with Crippen molar-refractivity contribution in [3.63, 3.8) is 0 Å². The summed E-state index contributed by atoms with van der Waals surface area (Å²) >= 11 is 0. The fraction of sp³-hybridized carbons (Fsp3) is 0.160. The molecule has 3 aromatic rings. The van der Waals surface area contributed by atoms with Gasteiger partial charge in [-0.2, -0.15) is 0 Å². The Morgan fingerprint density at radius 2 is 1.58 bits per heavy atom. The summed E-state index contributed by atoms with van der Waals surface area (Å²) in [5.41, 5.74) is 2.35. The van der Waals surface area contributed by atoms with Crippen LogP contribution in [-0.2, 0) is 16.4 Å². The van der Waals surface area contributed by atoms with Crippen LogP contribution >= 0.6 is 0 Å². The molecule has 0 bridgehead atoms. The van der Waals surface area contributed by atoms with Crippen molar-refractivity contribution in [1.82, 2.24) is 10.2 Å². The van der Waals surface area contributed by atoms with Gasteiger partial charge in [0.25, 0.3) is 17.7 Å². The Kier molecular flexibility index (Phi) is 5.09. The van der Waals surface area contributed by atoms with Crippen LogP contribution in [0.1, 0.15) is 54.7 Å². The molecule has 33 heavy (non-hydrogen) atoms. The first-order chi connectivity index (χ1) is 15.8. The molecule has 1 unspecified atom stereocenters. The minimum Gasteiger partial charge on any atom is -0.345 e. The number of nitrogens with one attached hydrogen (secondary N) is 1. The van der Waals surface area contributed by atoms with Gasteiger partial charge in [0.1, 0.15) is 0 Å². The van der Waals surface area contributed by atoms with E-state index in [1.54, 1.807) is 72.8 Å². The van der Waals surface area contributed by atoms with Gasteiger partial charge in [-0.05, 0) is 47.9 Å². The zero-order chi connectivity index (χ0) is 23.2. The van der Waals surface area contributed by atoms with Crippen molar-refractivity contribution in [2.75, 3.05) is 5.75 Å². The summed E-state index contributed by atoms with van der Waals surface area (Å²) in [6, 6.07) is 19.7. The van der Waals surface area contributed by atoms with E-state index in [1.807, 2.05) is 0 Å². The van der Waals surface area contributed by atoms with Gasteiger partial charge in [-0.3, -0.25) is 19.3 Å². The first kappa shape index (κ1) is 21.1. The van der Waals surface area contributed by atoms with Gasteiger partial charge in [-0.15, -0.1) is 0 Å². The van der Waals surface area contributed by atoms with E-state index in [9.17, 15) is 22.8 Å². The van der Waals surface area contributed by atoms with Crippen molar-refractivity contribution in [2.45, 2.75) is 23.9 Å². The number of hydrogen-bond acceptors (Lipinski definition) is 5. The molecule has 2 heterocycles. The molecule has 3 aromatic carbocycles. The molecule has 0 aliphatic carbocycles. The van der Waals surface area contributed by atoms with E-state index in [2.05, 4.69) is 5.32 Å². The Balaban J connectivity index is 1.35. The molecule has 2 aliphatic heterocycles. The Morgan fingerprint density at radius 3 is 2.30 bits per heavy atom. The average Bonchev–Trinajstić information content (AvgIpc) is 3.06. The van der Waals surface area contributed by atoms with E-state index in [0.29, 0.717) is 34.2 Å². The predicted molar refractivity (Wildman–Crippen MR) is 120 cm³/mol. The summed E-state index contributed by atoms with van der Waals surface area (Å²) in [5, 5.41) is 2.93. The summed E-state index contributed by atoms with van der Waals surface area (Å²) in [6.07, 6.45) is 0.291. The Hall–Kier alpha value is -3.78. The molecule has 0 saturated carbocycles. The normalized spacial score (nSPS) is 18.5. The fourth-order valence-electron chi connectivity index (χ4n) is 4.36. The van der Waals surface area contributed by atoms with Gasteiger partial charge in [0.05, 0.1) is 34.4 Å². The number of carbonyl (C=O) groups excluding carboxylic acids is 3. The van der Waals surface area contributed by atoms with Crippen LogP contribution < -0.4 is 5.32 Å². The molecule has 166 valence electrons. The molecule has 3 amide bonds. The van der Waals surface area contributed by atoms with Crippen LogP contribution in [0.25, 0.3) is 0 Å². The quantitative estimate of drug-likeness (QED) is 0.603. The van der Waals surface area contributed by atoms with Crippen molar-refractivity contribution in [2.24, 2.45) is 0 Å². The van der Waals surface area contributed by atoms with Gasteiger partial charge < -0.3 is 5.32 Å². The molecule has 0 saturated heterocycles. The largest absolute Gasteiger partial charge is 0.345 e. The second-order valence-corrected chi connectivity index (χ2v) is 10.2. The number of fused-ring (bicyclic) bond motifs is 2. The van der Waals surface area contributed by atoms with Crippen molar-refractivity contribution in [3.8, 4) is 0 Å². The number of amides is 3. The molecule has 0 spiro atoms. The number of nitrogens with zero attached hydrogens (tertiary/aromatic N) is 1. The van der Waals surface area contributed by atoms with Gasteiger partial charge in [0.15, 0.2) is 9.84 Å². The Bertz CT molecular complexity index is 1380. The third-order valence-corrected chi connectivity index (χ3v) is 7.83. The van der Waals surface area contributed by atoms with Gasteiger partial charge in [-0.25, -0.2) is 8.42 Å². The number of carbonyl (C=O) groups is 3. The lowest BCUT2D eigenvalue weighted by molar-refractivity contribution is 0.0642. The summed E-state index contributed by atoms with van der Waals surface area (Å²) < 4.78 is 24.7. The highest BCUT2D eigenvalue weighted by atomic mass is 32.2. The molecule has 7 nitrogen and oxygen atoms in total. The van der Waals surface area contributed by atoms with E-state index in [1.165, 1.54) is 4.90 Å². The summed E-state index contributed by atoms with van der Waals surface area (Å²) in [7, 11) is -3.35. The van der Waals surface area contributed by atoms with Crippen molar-refractivity contribution < 1.29 is 22.8 Å². The Morgan fingerprint density at radius 1 is 0.909 bits per heavy atom. The molecule has 0 aromatic heterocycles. The van der Waals surface area contributed by atoms with E-state index >= 15 is 0 Å². The van der Waals surface area contributed by atoms with Crippen LogP contribution in [0.3, 0.4) is 0 Å². The maximum absolute atomic E-state index is 13.0. The monoisotopic (exact) mass is 460 g/mol. The molecule has 5 rings (SSSR count). The van der Waals surface area contributed by atoms with Crippen LogP contribution in [0.15, 0.2) is 77.7 Å². The van der Waals surface area contributed by atoms with Crippen molar-refractivity contribution >= 4 is 27.6 Å². The molecule has 2 aliphatic rings. The maximum Gasteiger partial charge on any atom is 0.261 e. The molecule has 8 heteroatoms. The minimum absolute atomic E-state index is 0.0330. The zero-order valence-corrected chi connectivity index (χ0v) is 18.3. The van der Waals surface area contributed by atoms with E-state index in [-0.39, 0.29) is 34.9 Å². The van der Waals surface area contributed by atoms with Crippen LogP contribution in [0.5, 0.6) is 0 Å². The topological polar surface area (TPSA) is 101 Å². The third kappa shape index (κ3) is 3.72. The van der Waals surface area contributed by atoms with Crippen LogP contribution in [0.4, 0.5) is 0 Å². The highest BCUT2D eigenvalue weighted by Gasteiger charge is 2.35. The third-order valence-electron chi connectivity index (χ3n) is 6.02. The lowest BCUT2D eigenvalue weighted by Gasteiger charge is -2.26. The first-order valence-corrected chi connectivity index (χ1v) is 12.2. The highest BCUT2D eigenvalue weighted by molar-refractivity contribution is 7.91. The van der Waals surface area contributed by atoms with Gasteiger partial charge in [0.2, 0.25) is 0 Å². The van der Waals surface area contributed by atoms with Crippen LogP contribution in [0.2, 0.25) is 0 Å². The molecule has 0 radical (unpaired) electrons. The van der Waals surface area contributed by atoms with E-state index in [4.69, 9.17) is 0 Å². The molecular formula is C25H20N2O5S. The molecular weight excluding hydrogens is 440 g/mol. The first-order valence-electron chi connectivity index (χ1n) is 10.5. The van der Waals surface area contributed by atoms with Gasteiger partial charge >= 0.3 is 0 Å². The highest BCUT2D eigenvalue weighted by Crippen LogP contribution is 2.32. The summed E-state index contributed by atoms with van der Waals surface area (Å²) in [6.45, 7) is 0.0535. The number of hydrogen-bond donors (Lipinski definition) is 1. The van der Waals surface area contributed by atoms with Gasteiger partial charge in [0, 0.05) is 5.56 Å². The second kappa shape index (κ2) is 7.97. The minimum atomic E-state index is -3.35. The lowest BCUT2D eigenvalue weighted by atomic mass is 10.0. The van der Waals surface area contributed by atoms with E-state index < -0.39 is 15.9 Å². The predicted octanol–water partition coefficient (Wildman–Crippen LogP) is 3.13. The SMILES string of the molecule is O=C(NC1CCS(=O)(=O)c2ccccc21)c1cccc(CN2C(=O)c3ccccc3C2=O)c1. The summed E-state index contributed by atoms with van der Waals surface area (Å²) in [4.78, 5) is 39.7. The lowest BCUT2D eigenvalue weighted by Crippen LogP contribution is -2.34. The maximum atomic E-state index is 13.0. The zero-order valence-electron chi connectivity index (χ0n) is 17.5. The van der Waals surface area contributed by atoms with E-state index in [0.717, 1.165) is 0 Å². The second-order valence-electron chi connectivity index (χ2n) is 8.11. The van der Waals surface area contributed by atoms with Crippen LogP contribution in [0, 0.1) is 0 Å². The average molecular weight is 461 g/mol. The van der Waals surface area contributed by atoms with Crippen LogP contribution in [-0.4, -0.2) is 36.8 Å². The number of rotatable bonds is 4. The number of imide groups is 1. The summed E-state index contributed by atoms with van der Waals surface area (Å²) in [5.74, 6) is -1.09. The van der Waals surface area contributed by atoms with Crippen molar-refractivity contribution in [3.05, 3.63) is 101 Å². The standard InChI is InChI=1S/C25H20N2O5S/c28-23(26-21-12-13-33(31,32)22-11-4-3-10-20(21)22)17-7-5-6-16(14-17)15-27-24(29)18-8-1-2-9-19(18)25(27)30/h1-11,14,21H,12-13,15H2,(H,26,28). The number of sulfone groups is 1. The molecule has 0 fully saturated rings. The van der Waals surface area contributed by atoms with Crippen molar-refractivity contribution in [1.29, 1.82) is 0 Å². The molecule has 1 N–H and O–H groups in total. The fourth-order valence-corrected chi connectivity index (χ4v) is 5.98. The Labute approximate surface area is 191 Å².